The summed E-state index contributed by atoms with van der Waals surface area (Å²) in [6.45, 7) is 0.241. The molecule has 2 aromatic rings. The van der Waals surface area contributed by atoms with E-state index in [0.29, 0.717) is 13.0 Å². The van der Waals surface area contributed by atoms with Crippen LogP contribution in [0.3, 0.4) is 0 Å². The van der Waals surface area contributed by atoms with Gasteiger partial charge in [0.2, 0.25) is 5.95 Å². The summed E-state index contributed by atoms with van der Waals surface area (Å²) in [4.78, 5) is 5.38. The number of halogens is 2. The van der Waals surface area contributed by atoms with Gasteiger partial charge in [0, 0.05) is 24.9 Å². The lowest BCUT2D eigenvalue weighted by molar-refractivity contribution is 0.290. The van der Waals surface area contributed by atoms with Gasteiger partial charge >= 0.3 is 0 Å². The van der Waals surface area contributed by atoms with Gasteiger partial charge in [0.15, 0.2) is 0 Å². The van der Waals surface area contributed by atoms with Crippen molar-refractivity contribution in [1.29, 1.82) is 0 Å². The number of nitrogens with two attached hydrogens (primary N) is 1. The van der Waals surface area contributed by atoms with Gasteiger partial charge in [0.05, 0.1) is 0 Å². The first-order valence-corrected chi connectivity index (χ1v) is 5.62. The number of hydrogen-bond donors (Lipinski definition) is 3. The Bertz CT molecular complexity index is 540. The molecular weight excluding hydrogens is 256 g/mol. The highest BCUT2D eigenvalue weighted by Crippen LogP contribution is 2.24. The van der Waals surface area contributed by atoms with Gasteiger partial charge in [-0.1, -0.05) is 0 Å². The third-order valence-corrected chi connectivity index (χ3v) is 2.43. The molecule has 0 unspecified atom stereocenters. The number of aliphatic hydroxyl groups is 1. The number of anilines is 3. The minimum absolute atomic E-state index is 0.0613. The van der Waals surface area contributed by atoms with Crippen LogP contribution in [0.5, 0.6) is 0 Å². The maximum atomic E-state index is 13.2. The number of hydrogen-bond acceptors (Lipinski definition) is 5. The Balaban J connectivity index is 2.36. The van der Waals surface area contributed by atoms with Gasteiger partial charge in [0.25, 0.3) is 5.95 Å². The lowest BCUT2D eigenvalue weighted by Gasteiger charge is -2.20. The van der Waals surface area contributed by atoms with Crippen LogP contribution in [0.15, 0.2) is 18.2 Å². The molecule has 0 aliphatic rings. The van der Waals surface area contributed by atoms with Crippen LogP contribution in [0.2, 0.25) is 0 Å². The topological polar surface area (TPSA) is 91.1 Å². The van der Waals surface area contributed by atoms with E-state index in [-0.39, 0.29) is 24.2 Å². The van der Waals surface area contributed by atoms with Crippen LogP contribution in [0.25, 0.3) is 0 Å². The van der Waals surface area contributed by atoms with Crippen LogP contribution < -0.4 is 10.6 Å². The summed E-state index contributed by atoms with van der Waals surface area (Å²) in [6, 6.07) is 3.10. The quantitative estimate of drug-likeness (QED) is 0.758. The summed E-state index contributed by atoms with van der Waals surface area (Å²) in [5, 5.41) is 15.2. The number of rotatable bonds is 5. The van der Waals surface area contributed by atoms with Crippen LogP contribution in [-0.4, -0.2) is 33.4 Å². The third kappa shape index (κ3) is 3.16. The average Bonchev–Trinajstić information content (AvgIpc) is 2.75. The zero-order valence-electron chi connectivity index (χ0n) is 9.98. The molecule has 6 nitrogen and oxygen atoms in total. The zero-order chi connectivity index (χ0) is 13.8. The van der Waals surface area contributed by atoms with Gasteiger partial charge in [-0.15, -0.1) is 5.10 Å². The van der Waals surface area contributed by atoms with Crippen molar-refractivity contribution in [2.75, 3.05) is 23.8 Å². The number of aromatic amines is 1. The highest BCUT2D eigenvalue weighted by molar-refractivity contribution is 5.57. The van der Waals surface area contributed by atoms with Gasteiger partial charge in [-0.25, -0.2) is 13.9 Å². The summed E-state index contributed by atoms with van der Waals surface area (Å²) in [5.74, 6) is -1.11. The second-order valence-electron chi connectivity index (χ2n) is 3.88. The second-order valence-corrected chi connectivity index (χ2v) is 3.88. The second kappa shape index (κ2) is 5.61. The van der Waals surface area contributed by atoms with Crippen LogP contribution in [-0.2, 0) is 0 Å². The van der Waals surface area contributed by atoms with Gasteiger partial charge in [-0.3, -0.25) is 0 Å². The lowest BCUT2D eigenvalue weighted by atomic mass is 10.2. The van der Waals surface area contributed by atoms with Crippen LogP contribution >= 0.6 is 0 Å². The highest BCUT2D eigenvalue weighted by Gasteiger charge is 2.15. The van der Waals surface area contributed by atoms with Crippen LogP contribution in [0.1, 0.15) is 6.42 Å². The van der Waals surface area contributed by atoms with Gasteiger partial charge in [-0.2, -0.15) is 4.98 Å². The minimum Gasteiger partial charge on any atom is -0.396 e. The molecule has 0 bridgehead atoms. The summed E-state index contributed by atoms with van der Waals surface area (Å²) in [7, 11) is 0. The fraction of sp³-hybridized carbons (Fsp3) is 0.273. The Morgan fingerprint density at radius 2 is 1.95 bits per heavy atom. The molecule has 1 heterocycles. The number of nitrogens with one attached hydrogen (secondary N) is 1. The van der Waals surface area contributed by atoms with Crippen molar-refractivity contribution in [3.05, 3.63) is 29.8 Å². The monoisotopic (exact) mass is 269 g/mol. The molecule has 0 aliphatic carbocycles. The van der Waals surface area contributed by atoms with E-state index in [1.54, 1.807) is 0 Å². The summed E-state index contributed by atoms with van der Waals surface area (Å²) in [5.41, 5.74) is 5.68. The SMILES string of the molecule is Nc1nc(N(CCCO)c2cc(F)cc(F)c2)n[nH]1. The van der Waals surface area contributed by atoms with Gasteiger partial charge < -0.3 is 15.7 Å². The fourth-order valence-corrected chi connectivity index (χ4v) is 1.65. The van der Waals surface area contributed by atoms with Crippen molar-refractivity contribution in [1.82, 2.24) is 15.2 Å². The zero-order valence-corrected chi connectivity index (χ0v) is 9.98. The van der Waals surface area contributed by atoms with Gasteiger partial charge in [0.1, 0.15) is 11.6 Å². The van der Waals surface area contributed by atoms with E-state index >= 15 is 0 Å². The van der Waals surface area contributed by atoms with E-state index in [2.05, 4.69) is 15.2 Å². The standard InChI is InChI=1S/C11H13F2N5O/c12-7-4-8(13)6-9(5-7)18(2-1-3-19)11-15-10(14)16-17-11/h4-6,19H,1-3H2,(H3,14,15,16,17). The number of H-pyrrole nitrogens is 1. The average molecular weight is 269 g/mol. The maximum Gasteiger partial charge on any atom is 0.250 e. The lowest BCUT2D eigenvalue weighted by Crippen LogP contribution is -2.21. The molecule has 0 amide bonds. The minimum atomic E-state index is -0.701. The number of aliphatic hydroxyl groups excluding tert-OH is 1. The molecular formula is C11H13F2N5O. The Kier molecular flexibility index (Phi) is 3.91. The van der Waals surface area contributed by atoms with E-state index in [0.717, 1.165) is 18.2 Å². The maximum absolute atomic E-state index is 13.2. The Hall–Kier alpha value is -2.22. The molecule has 1 aromatic carbocycles. The molecule has 0 saturated carbocycles. The smallest absolute Gasteiger partial charge is 0.250 e. The third-order valence-electron chi connectivity index (χ3n) is 2.43. The molecule has 0 spiro atoms. The highest BCUT2D eigenvalue weighted by atomic mass is 19.1. The van der Waals surface area contributed by atoms with Crippen LogP contribution in [0.4, 0.5) is 26.4 Å². The molecule has 4 N–H and O–H groups in total. The van der Waals surface area contributed by atoms with Crippen molar-refractivity contribution < 1.29 is 13.9 Å². The van der Waals surface area contributed by atoms with Crippen molar-refractivity contribution >= 4 is 17.6 Å². The van der Waals surface area contributed by atoms with Crippen molar-refractivity contribution in [3.8, 4) is 0 Å². The molecule has 19 heavy (non-hydrogen) atoms. The van der Waals surface area contributed by atoms with E-state index in [1.165, 1.54) is 4.90 Å². The van der Waals surface area contributed by atoms with E-state index in [4.69, 9.17) is 10.8 Å². The summed E-state index contributed by atoms with van der Waals surface area (Å²) in [6.07, 6.45) is 0.395. The first-order valence-electron chi connectivity index (χ1n) is 5.62. The van der Waals surface area contributed by atoms with E-state index in [9.17, 15) is 8.78 Å². The van der Waals surface area contributed by atoms with Crippen molar-refractivity contribution in [2.24, 2.45) is 0 Å². The Morgan fingerprint density at radius 3 is 2.47 bits per heavy atom. The molecule has 1 aromatic heterocycles. The number of nitrogens with zero attached hydrogens (tertiary/aromatic N) is 3. The fourth-order valence-electron chi connectivity index (χ4n) is 1.65. The van der Waals surface area contributed by atoms with E-state index in [1.807, 2.05) is 0 Å². The first kappa shape index (κ1) is 13.2. The predicted molar refractivity (Wildman–Crippen MR) is 65.9 cm³/mol. The molecule has 0 radical (unpaired) electrons. The molecule has 0 fully saturated rings. The molecule has 102 valence electrons. The molecule has 0 saturated heterocycles. The molecule has 0 atom stereocenters. The number of aromatic nitrogens is 3. The van der Waals surface area contributed by atoms with Crippen LogP contribution in [0, 0.1) is 11.6 Å². The molecule has 8 heteroatoms. The normalized spacial score (nSPS) is 10.7. The Labute approximate surface area is 107 Å². The number of nitrogen functional groups attached to an aromatic ring is 1. The largest absolute Gasteiger partial charge is 0.396 e. The first-order chi connectivity index (χ1) is 9.10. The number of benzene rings is 1. The Morgan fingerprint density at radius 1 is 1.26 bits per heavy atom. The van der Waals surface area contributed by atoms with Gasteiger partial charge in [-0.05, 0) is 18.6 Å². The van der Waals surface area contributed by atoms with Crippen molar-refractivity contribution in [2.45, 2.75) is 6.42 Å². The summed E-state index contributed by atoms with van der Waals surface area (Å²) < 4.78 is 26.5. The van der Waals surface area contributed by atoms with E-state index < -0.39 is 11.6 Å². The molecule has 2 rings (SSSR count). The molecule has 0 aliphatic heterocycles. The summed E-state index contributed by atoms with van der Waals surface area (Å²) >= 11 is 0. The van der Waals surface area contributed by atoms with Crippen molar-refractivity contribution in [3.63, 3.8) is 0 Å². The predicted octanol–water partition coefficient (Wildman–Crippen LogP) is 1.19.